The number of phenolic OH excluding ortho intramolecular Hbond substituents is 1. The van der Waals surface area contributed by atoms with Gasteiger partial charge in [-0.15, -0.1) is 11.3 Å². The molecule has 0 spiro atoms. The number of carbonyl (C=O) groups is 1. The molecule has 0 atom stereocenters. The largest absolute Gasteiger partial charge is 0.507 e. The molecule has 3 rings (SSSR count). The molecule has 29 heavy (non-hydrogen) atoms. The Balaban J connectivity index is 1.85. The third kappa shape index (κ3) is 4.80. The summed E-state index contributed by atoms with van der Waals surface area (Å²) in [6.07, 6.45) is -3.84. The smallest absolute Gasteiger partial charge is 0.427 e. The predicted molar refractivity (Wildman–Crippen MR) is 103 cm³/mol. The third-order valence-corrected chi connectivity index (χ3v) is 5.27. The van der Waals surface area contributed by atoms with Gasteiger partial charge in [0.15, 0.2) is 0 Å². The molecule has 2 N–H and O–H groups in total. The number of methoxy groups -OCH3 is 1. The van der Waals surface area contributed by atoms with Crippen LogP contribution in [0.5, 0.6) is 11.5 Å². The Morgan fingerprint density at radius 1 is 1.28 bits per heavy atom. The van der Waals surface area contributed by atoms with Crippen molar-refractivity contribution in [3.05, 3.63) is 63.6 Å². The number of thiazole rings is 1. The molecule has 5 nitrogen and oxygen atoms in total. The number of amides is 1. The van der Waals surface area contributed by atoms with Gasteiger partial charge in [-0.1, -0.05) is 23.7 Å². The van der Waals surface area contributed by atoms with E-state index in [9.17, 15) is 23.1 Å². The second-order valence-corrected chi connectivity index (χ2v) is 7.37. The van der Waals surface area contributed by atoms with Crippen molar-refractivity contribution < 1.29 is 27.8 Å². The molecule has 0 unspecified atom stereocenters. The number of aromatic nitrogens is 1. The quantitative estimate of drug-likeness (QED) is 0.575. The van der Waals surface area contributed by atoms with Crippen molar-refractivity contribution in [1.82, 2.24) is 10.3 Å². The summed E-state index contributed by atoms with van der Waals surface area (Å²) in [4.78, 5) is 15.3. The zero-order chi connectivity index (χ0) is 21.2. The molecule has 1 heterocycles. The van der Waals surface area contributed by atoms with E-state index in [1.165, 1.54) is 13.2 Å². The Kier molecular flexibility index (Phi) is 5.99. The third-order valence-electron chi connectivity index (χ3n) is 3.94. The second-order valence-electron chi connectivity index (χ2n) is 5.91. The van der Waals surface area contributed by atoms with Crippen molar-refractivity contribution in [2.24, 2.45) is 0 Å². The lowest BCUT2D eigenvalue weighted by Gasteiger charge is -2.12. The first-order valence-corrected chi connectivity index (χ1v) is 9.35. The number of halogens is 4. The van der Waals surface area contributed by atoms with Crippen LogP contribution in [0.2, 0.25) is 5.02 Å². The fourth-order valence-corrected chi connectivity index (χ4v) is 3.43. The first kappa shape index (κ1) is 20.9. The molecule has 1 amide bonds. The van der Waals surface area contributed by atoms with E-state index < -0.39 is 17.0 Å². The van der Waals surface area contributed by atoms with Crippen LogP contribution < -0.4 is 10.1 Å². The van der Waals surface area contributed by atoms with Crippen LogP contribution in [0.4, 0.5) is 13.2 Å². The van der Waals surface area contributed by atoms with E-state index in [1.54, 1.807) is 24.3 Å². The molecule has 0 aliphatic carbocycles. The van der Waals surface area contributed by atoms with E-state index in [1.807, 2.05) is 0 Å². The van der Waals surface area contributed by atoms with Crippen molar-refractivity contribution in [1.29, 1.82) is 0 Å². The lowest BCUT2D eigenvalue weighted by atomic mass is 10.1. The maximum absolute atomic E-state index is 12.8. The standard InChI is InChI=1S/C19H14ClF3N2O3S/c1-28-15-7-12(18-25-9-16(29-18)19(21,22)23)14(26)6-13(15)17(27)24-8-10-2-4-11(20)5-3-10/h2-7,9,26H,8H2,1H3,(H,24,27). The molecule has 2 aromatic carbocycles. The molecular weight excluding hydrogens is 429 g/mol. The molecular formula is C19H14ClF3N2O3S. The molecule has 3 aromatic rings. The number of rotatable bonds is 5. The predicted octanol–water partition coefficient (Wildman–Crippen LogP) is 5.13. The molecule has 0 aliphatic heterocycles. The average molecular weight is 443 g/mol. The lowest BCUT2D eigenvalue weighted by Crippen LogP contribution is -2.23. The number of hydrogen-bond acceptors (Lipinski definition) is 5. The maximum atomic E-state index is 12.8. The van der Waals surface area contributed by atoms with Crippen LogP contribution >= 0.6 is 22.9 Å². The summed E-state index contributed by atoms with van der Waals surface area (Å²) < 4.78 is 43.6. The monoisotopic (exact) mass is 442 g/mol. The van der Waals surface area contributed by atoms with Gasteiger partial charge in [-0.2, -0.15) is 13.2 Å². The Morgan fingerprint density at radius 2 is 1.97 bits per heavy atom. The first-order valence-electron chi connectivity index (χ1n) is 8.16. The molecule has 0 fully saturated rings. The van der Waals surface area contributed by atoms with E-state index in [4.69, 9.17) is 16.3 Å². The maximum Gasteiger partial charge on any atom is 0.427 e. The van der Waals surface area contributed by atoms with Crippen LogP contribution in [-0.2, 0) is 12.7 Å². The minimum absolute atomic E-state index is 0.0373. The molecule has 0 saturated heterocycles. The summed E-state index contributed by atoms with van der Waals surface area (Å²) in [7, 11) is 1.31. The number of nitrogens with zero attached hydrogens (tertiary/aromatic N) is 1. The molecule has 0 saturated carbocycles. The molecule has 1 aromatic heterocycles. The Hall–Kier alpha value is -2.78. The average Bonchev–Trinajstić information content (AvgIpc) is 3.17. The van der Waals surface area contributed by atoms with Gasteiger partial charge in [-0.25, -0.2) is 4.98 Å². The molecule has 0 bridgehead atoms. The van der Waals surface area contributed by atoms with Crippen LogP contribution in [-0.4, -0.2) is 23.1 Å². The highest BCUT2D eigenvalue weighted by Crippen LogP contribution is 2.41. The van der Waals surface area contributed by atoms with Gasteiger partial charge in [0, 0.05) is 11.6 Å². The number of aromatic hydroxyl groups is 1. The van der Waals surface area contributed by atoms with Gasteiger partial charge in [0.05, 0.1) is 24.4 Å². The van der Waals surface area contributed by atoms with Gasteiger partial charge in [0.1, 0.15) is 21.4 Å². The highest BCUT2D eigenvalue weighted by molar-refractivity contribution is 7.15. The normalized spacial score (nSPS) is 11.3. The lowest BCUT2D eigenvalue weighted by molar-refractivity contribution is -0.134. The Labute approximate surface area is 172 Å². The first-order chi connectivity index (χ1) is 13.7. The Bertz CT molecular complexity index is 1040. The zero-order valence-corrected chi connectivity index (χ0v) is 16.5. The second kappa shape index (κ2) is 8.30. The van der Waals surface area contributed by atoms with Gasteiger partial charge in [0.2, 0.25) is 0 Å². The molecule has 0 radical (unpaired) electrons. The van der Waals surface area contributed by atoms with Gasteiger partial charge < -0.3 is 15.2 Å². The van der Waals surface area contributed by atoms with Gasteiger partial charge in [-0.05, 0) is 29.8 Å². The van der Waals surface area contributed by atoms with Crippen LogP contribution in [0.25, 0.3) is 10.6 Å². The molecule has 0 aliphatic rings. The number of phenols is 1. The molecule has 10 heteroatoms. The SMILES string of the molecule is COc1cc(-c2ncc(C(F)(F)F)s2)c(O)cc1C(=O)NCc1ccc(Cl)cc1. The Morgan fingerprint density at radius 3 is 2.55 bits per heavy atom. The van der Waals surface area contributed by atoms with Gasteiger partial charge >= 0.3 is 6.18 Å². The van der Waals surface area contributed by atoms with E-state index in [0.29, 0.717) is 22.6 Å². The van der Waals surface area contributed by atoms with Gasteiger partial charge in [0.25, 0.3) is 5.91 Å². The zero-order valence-electron chi connectivity index (χ0n) is 14.9. The van der Waals surface area contributed by atoms with Crippen molar-refractivity contribution in [2.45, 2.75) is 12.7 Å². The van der Waals surface area contributed by atoms with Crippen LogP contribution in [0.15, 0.2) is 42.6 Å². The summed E-state index contributed by atoms with van der Waals surface area (Å²) in [5.41, 5.74) is 0.886. The number of carbonyl (C=O) groups excluding carboxylic acids is 1. The minimum Gasteiger partial charge on any atom is -0.507 e. The van der Waals surface area contributed by atoms with Gasteiger partial charge in [-0.3, -0.25) is 4.79 Å². The number of nitrogens with one attached hydrogen (secondary N) is 1. The summed E-state index contributed by atoms with van der Waals surface area (Å²) in [5, 5.41) is 13.5. The van der Waals surface area contributed by atoms with E-state index in [2.05, 4.69) is 10.3 Å². The fraction of sp³-hybridized carbons (Fsp3) is 0.158. The molecule has 152 valence electrons. The number of hydrogen-bond donors (Lipinski definition) is 2. The number of benzene rings is 2. The van der Waals surface area contributed by atoms with Crippen molar-refractivity contribution in [2.75, 3.05) is 7.11 Å². The van der Waals surface area contributed by atoms with Crippen molar-refractivity contribution in [3.63, 3.8) is 0 Å². The highest BCUT2D eigenvalue weighted by atomic mass is 35.5. The summed E-state index contributed by atoms with van der Waals surface area (Å²) >= 11 is 6.21. The van der Waals surface area contributed by atoms with E-state index >= 15 is 0 Å². The summed E-state index contributed by atoms with van der Waals surface area (Å²) in [6.45, 7) is 0.211. The summed E-state index contributed by atoms with van der Waals surface area (Å²) in [5.74, 6) is -0.811. The highest BCUT2D eigenvalue weighted by Gasteiger charge is 2.33. The van der Waals surface area contributed by atoms with E-state index in [0.717, 1.165) is 11.6 Å². The summed E-state index contributed by atoms with van der Waals surface area (Å²) in [6, 6.07) is 9.30. The topological polar surface area (TPSA) is 71.5 Å². The number of alkyl halides is 3. The van der Waals surface area contributed by atoms with Crippen LogP contribution in [0.1, 0.15) is 20.8 Å². The van der Waals surface area contributed by atoms with Crippen LogP contribution in [0, 0.1) is 0 Å². The van der Waals surface area contributed by atoms with E-state index in [-0.39, 0.29) is 34.2 Å². The van der Waals surface area contributed by atoms with Crippen LogP contribution in [0.3, 0.4) is 0 Å². The van der Waals surface area contributed by atoms with Crippen molar-refractivity contribution in [3.8, 4) is 22.1 Å². The fourth-order valence-electron chi connectivity index (χ4n) is 2.50. The number of ether oxygens (including phenoxy) is 1. The minimum atomic E-state index is -4.53. The van der Waals surface area contributed by atoms with Crippen molar-refractivity contribution >= 4 is 28.8 Å².